The van der Waals surface area contributed by atoms with Gasteiger partial charge in [0, 0.05) is 13.0 Å². The molecule has 1 aromatic rings. The number of halogens is 2. The summed E-state index contributed by atoms with van der Waals surface area (Å²) in [5, 5.41) is 3.04. The molecule has 11 heavy (non-hydrogen) atoms. The number of nitrogens with two attached hydrogens (primary N) is 1. The van der Waals surface area contributed by atoms with E-state index in [0.717, 1.165) is 0 Å². The Hall–Kier alpha value is -1.04. The highest BCUT2D eigenvalue weighted by Crippen LogP contribution is 2.14. The Morgan fingerprint density at radius 3 is 2.73 bits per heavy atom. The smallest absolute Gasteiger partial charge is 0.300 e. The summed E-state index contributed by atoms with van der Waals surface area (Å²) in [5.74, 6) is -0.420. The third-order valence-corrected chi connectivity index (χ3v) is 1.04. The van der Waals surface area contributed by atoms with Crippen LogP contribution in [-0.4, -0.2) is 16.7 Å². The van der Waals surface area contributed by atoms with Crippen molar-refractivity contribution in [1.82, 2.24) is 10.1 Å². The topological polar surface area (TPSA) is 64.9 Å². The van der Waals surface area contributed by atoms with Crippen molar-refractivity contribution < 1.29 is 13.3 Å². The van der Waals surface area contributed by atoms with Gasteiger partial charge in [-0.2, -0.15) is 4.98 Å². The van der Waals surface area contributed by atoms with E-state index in [1.165, 1.54) is 0 Å². The maximum Gasteiger partial charge on any atom is 0.300 e. The average Bonchev–Trinajstić information content (AvgIpc) is 2.37. The van der Waals surface area contributed by atoms with Gasteiger partial charge in [0.15, 0.2) is 0 Å². The minimum Gasteiger partial charge on any atom is -0.339 e. The van der Waals surface area contributed by atoms with Gasteiger partial charge < -0.3 is 10.3 Å². The van der Waals surface area contributed by atoms with Gasteiger partial charge in [0.25, 0.3) is 0 Å². The van der Waals surface area contributed by atoms with Crippen LogP contribution in [0.2, 0.25) is 0 Å². The third-order valence-electron chi connectivity index (χ3n) is 1.04. The Bertz CT molecular complexity index is 225. The van der Waals surface area contributed by atoms with Crippen molar-refractivity contribution in [2.24, 2.45) is 5.73 Å². The van der Waals surface area contributed by atoms with Gasteiger partial charge in [0.2, 0.25) is 11.7 Å². The van der Waals surface area contributed by atoms with Crippen molar-refractivity contribution in [2.45, 2.75) is 12.8 Å². The van der Waals surface area contributed by atoms with Crippen molar-refractivity contribution in [3.05, 3.63) is 11.7 Å². The fraction of sp³-hybridized carbons (Fsp3) is 0.600. The van der Waals surface area contributed by atoms with Gasteiger partial charge >= 0.3 is 6.43 Å². The number of hydrogen-bond acceptors (Lipinski definition) is 4. The molecule has 62 valence electrons. The lowest BCUT2D eigenvalue weighted by atomic mass is 10.4. The second-order valence-electron chi connectivity index (χ2n) is 1.89. The van der Waals surface area contributed by atoms with Crippen LogP contribution in [0.25, 0.3) is 0 Å². The van der Waals surface area contributed by atoms with Crippen molar-refractivity contribution >= 4 is 0 Å². The van der Waals surface area contributed by atoms with Crippen LogP contribution in [-0.2, 0) is 6.42 Å². The number of alkyl halides is 2. The van der Waals surface area contributed by atoms with E-state index in [4.69, 9.17) is 5.73 Å². The molecule has 0 radical (unpaired) electrons. The van der Waals surface area contributed by atoms with E-state index in [9.17, 15) is 8.78 Å². The van der Waals surface area contributed by atoms with Crippen molar-refractivity contribution in [1.29, 1.82) is 0 Å². The zero-order chi connectivity index (χ0) is 8.27. The molecule has 1 heterocycles. The highest BCUT2D eigenvalue weighted by atomic mass is 19.3. The number of aromatic nitrogens is 2. The Morgan fingerprint density at radius 1 is 1.55 bits per heavy atom. The van der Waals surface area contributed by atoms with E-state index < -0.39 is 12.2 Å². The molecule has 0 atom stereocenters. The summed E-state index contributed by atoms with van der Waals surface area (Å²) in [6.45, 7) is 0.310. The fourth-order valence-electron chi connectivity index (χ4n) is 0.582. The van der Waals surface area contributed by atoms with Crippen molar-refractivity contribution in [2.75, 3.05) is 6.54 Å². The van der Waals surface area contributed by atoms with E-state index in [1.807, 2.05) is 0 Å². The molecule has 6 heteroatoms. The Labute approximate surface area is 61.4 Å². The first-order valence-electron chi connectivity index (χ1n) is 3.04. The summed E-state index contributed by atoms with van der Waals surface area (Å²) in [6, 6.07) is 0. The molecule has 0 aliphatic carbocycles. The fourth-order valence-corrected chi connectivity index (χ4v) is 0.582. The van der Waals surface area contributed by atoms with Crippen LogP contribution >= 0.6 is 0 Å². The average molecular weight is 163 g/mol. The molecule has 4 nitrogen and oxygen atoms in total. The van der Waals surface area contributed by atoms with Crippen LogP contribution in [0, 0.1) is 0 Å². The maximum absolute atomic E-state index is 11.8. The van der Waals surface area contributed by atoms with Gasteiger partial charge in [-0.25, -0.2) is 8.78 Å². The molecular formula is C5H7F2N3O. The Morgan fingerprint density at radius 2 is 2.27 bits per heavy atom. The highest BCUT2D eigenvalue weighted by molar-refractivity contribution is 4.87. The van der Waals surface area contributed by atoms with Gasteiger partial charge in [-0.05, 0) is 0 Å². The summed E-state index contributed by atoms with van der Waals surface area (Å²) < 4.78 is 28.1. The van der Waals surface area contributed by atoms with Gasteiger partial charge in [0.05, 0.1) is 0 Å². The van der Waals surface area contributed by atoms with Crippen LogP contribution in [0.4, 0.5) is 8.78 Å². The zero-order valence-corrected chi connectivity index (χ0v) is 5.63. The summed E-state index contributed by atoms with van der Waals surface area (Å²) in [7, 11) is 0. The molecule has 0 bridgehead atoms. The predicted molar refractivity (Wildman–Crippen MR) is 32.0 cm³/mol. The molecule has 0 saturated heterocycles. The molecule has 0 unspecified atom stereocenters. The zero-order valence-electron chi connectivity index (χ0n) is 5.63. The molecule has 0 aliphatic rings. The minimum absolute atomic E-state index is 0.155. The Kier molecular flexibility index (Phi) is 2.48. The van der Waals surface area contributed by atoms with Crippen LogP contribution in [0.1, 0.15) is 18.1 Å². The van der Waals surface area contributed by atoms with E-state index in [0.29, 0.717) is 13.0 Å². The number of nitrogens with zero attached hydrogens (tertiary/aromatic N) is 2. The quantitative estimate of drug-likeness (QED) is 0.704. The molecule has 2 N–H and O–H groups in total. The summed E-state index contributed by atoms with van der Waals surface area (Å²) >= 11 is 0. The molecule has 0 saturated carbocycles. The summed E-state index contributed by atoms with van der Waals surface area (Å²) in [6.07, 6.45) is -2.34. The summed E-state index contributed by atoms with van der Waals surface area (Å²) in [5.41, 5.74) is 5.13. The van der Waals surface area contributed by atoms with Crippen molar-refractivity contribution in [3.63, 3.8) is 0 Å². The second-order valence-corrected chi connectivity index (χ2v) is 1.89. The van der Waals surface area contributed by atoms with Crippen LogP contribution in [0.3, 0.4) is 0 Å². The van der Waals surface area contributed by atoms with Gasteiger partial charge in [-0.15, -0.1) is 0 Å². The summed E-state index contributed by atoms with van der Waals surface area (Å²) in [4.78, 5) is 3.39. The molecule has 1 rings (SSSR count). The molecule has 1 aromatic heterocycles. The molecule has 0 aromatic carbocycles. The lowest BCUT2D eigenvalue weighted by molar-refractivity contribution is 0.136. The van der Waals surface area contributed by atoms with Crippen molar-refractivity contribution in [3.8, 4) is 0 Å². The van der Waals surface area contributed by atoms with E-state index in [-0.39, 0.29) is 5.89 Å². The van der Waals surface area contributed by atoms with E-state index in [2.05, 4.69) is 14.7 Å². The first-order chi connectivity index (χ1) is 5.24. The molecule has 0 fully saturated rings. The third kappa shape index (κ3) is 1.94. The number of rotatable bonds is 3. The second kappa shape index (κ2) is 3.38. The SMILES string of the molecule is NCCc1nc(C(F)F)no1. The van der Waals surface area contributed by atoms with Crippen LogP contribution in [0.15, 0.2) is 4.52 Å². The van der Waals surface area contributed by atoms with Gasteiger partial charge in [-0.3, -0.25) is 0 Å². The number of hydrogen-bond donors (Lipinski definition) is 1. The first-order valence-corrected chi connectivity index (χ1v) is 3.04. The monoisotopic (exact) mass is 163 g/mol. The standard InChI is InChI=1S/C5H7F2N3O/c6-4(7)5-9-3(1-2-8)11-10-5/h4H,1-2,8H2. The Balaban J connectivity index is 2.66. The molecule has 0 amide bonds. The van der Waals surface area contributed by atoms with Gasteiger partial charge in [-0.1, -0.05) is 5.16 Å². The maximum atomic E-state index is 11.8. The first kappa shape index (κ1) is 8.06. The minimum atomic E-state index is -2.68. The largest absolute Gasteiger partial charge is 0.339 e. The predicted octanol–water partition coefficient (Wildman–Crippen LogP) is 0.508. The lowest BCUT2D eigenvalue weighted by Gasteiger charge is -1.85. The van der Waals surface area contributed by atoms with Crippen LogP contribution < -0.4 is 5.73 Å². The normalized spacial score (nSPS) is 10.9. The molecular weight excluding hydrogens is 156 g/mol. The van der Waals surface area contributed by atoms with E-state index >= 15 is 0 Å². The van der Waals surface area contributed by atoms with Crippen LogP contribution in [0.5, 0.6) is 0 Å². The van der Waals surface area contributed by atoms with E-state index in [1.54, 1.807) is 0 Å². The lowest BCUT2D eigenvalue weighted by Crippen LogP contribution is -2.02. The van der Waals surface area contributed by atoms with Gasteiger partial charge in [0.1, 0.15) is 0 Å². The molecule has 0 spiro atoms. The molecule has 0 aliphatic heterocycles. The highest BCUT2D eigenvalue weighted by Gasteiger charge is 2.14.